The first-order valence-corrected chi connectivity index (χ1v) is 5.65. The molecule has 1 aromatic heterocycles. The molecule has 1 N–H and O–H groups in total. The number of pyridine rings is 1. The topological polar surface area (TPSA) is 28.2 Å². The lowest BCUT2D eigenvalue weighted by atomic mass is 10.1. The maximum absolute atomic E-state index is 6.13. The van der Waals surface area contributed by atoms with Crippen LogP contribution in [0.2, 0.25) is 5.02 Å². The van der Waals surface area contributed by atoms with Gasteiger partial charge in [0.25, 0.3) is 0 Å². The maximum Gasteiger partial charge on any atom is 0.0822 e. The van der Waals surface area contributed by atoms with Crippen LogP contribution in [0.25, 0.3) is 0 Å². The predicted molar refractivity (Wildman–Crippen MR) is 63.5 cm³/mol. The quantitative estimate of drug-likeness (QED) is 0.792. The van der Waals surface area contributed by atoms with Crippen LogP contribution in [-0.2, 0) is 0 Å². The molecule has 1 fully saturated rings. The van der Waals surface area contributed by atoms with Crippen molar-refractivity contribution in [1.82, 2.24) is 10.3 Å². The van der Waals surface area contributed by atoms with Crippen LogP contribution in [0.4, 0.5) is 5.69 Å². The Hall–Kier alpha value is -0.800. The monoisotopic (exact) mass is 225 g/mol. The molecule has 2 heterocycles. The van der Waals surface area contributed by atoms with E-state index in [1.54, 1.807) is 12.4 Å². The van der Waals surface area contributed by atoms with Crippen molar-refractivity contribution in [3.8, 4) is 0 Å². The Labute approximate surface area is 95.4 Å². The number of halogens is 1. The van der Waals surface area contributed by atoms with Gasteiger partial charge in [-0.2, -0.15) is 0 Å². The zero-order valence-electron chi connectivity index (χ0n) is 9.07. The molecule has 2 rings (SSSR count). The molecule has 0 amide bonds. The molecule has 1 aliphatic rings. The highest BCUT2D eigenvalue weighted by Gasteiger charge is 2.22. The van der Waals surface area contributed by atoms with Gasteiger partial charge in [-0.1, -0.05) is 11.6 Å². The summed E-state index contributed by atoms with van der Waals surface area (Å²) < 4.78 is 0. The van der Waals surface area contributed by atoms with E-state index in [9.17, 15) is 0 Å². The van der Waals surface area contributed by atoms with Crippen LogP contribution < -0.4 is 10.2 Å². The number of nitrogens with zero attached hydrogens (tertiary/aromatic N) is 2. The highest BCUT2D eigenvalue weighted by atomic mass is 35.5. The summed E-state index contributed by atoms with van der Waals surface area (Å²) in [5.74, 6) is 0. The van der Waals surface area contributed by atoms with Gasteiger partial charge in [-0.25, -0.2) is 0 Å². The molecule has 82 valence electrons. The van der Waals surface area contributed by atoms with Gasteiger partial charge in [0.2, 0.25) is 0 Å². The molecule has 0 aromatic carbocycles. The lowest BCUT2D eigenvalue weighted by molar-refractivity contribution is 0.407. The standard InChI is InChI=1S/C11H16ClN3/c1-8-6-15(7-9(2)14-8)11-3-4-13-5-10(11)12/h3-5,8-9,14H,6-7H2,1-2H3. The van der Waals surface area contributed by atoms with Gasteiger partial charge in [0.1, 0.15) is 0 Å². The molecule has 0 bridgehead atoms. The predicted octanol–water partition coefficient (Wildman–Crippen LogP) is 1.92. The van der Waals surface area contributed by atoms with E-state index in [2.05, 4.69) is 29.0 Å². The van der Waals surface area contributed by atoms with E-state index in [4.69, 9.17) is 11.6 Å². The molecular weight excluding hydrogens is 210 g/mol. The fourth-order valence-corrected chi connectivity index (χ4v) is 2.39. The molecule has 1 aliphatic heterocycles. The summed E-state index contributed by atoms with van der Waals surface area (Å²) >= 11 is 6.13. The minimum Gasteiger partial charge on any atom is -0.367 e. The number of hydrogen-bond acceptors (Lipinski definition) is 3. The van der Waals surface area contributed by atoms with Crippen molar-refractivity contribution in [2.24, 2.45) is 0 Å². The first-order chi connectivity index (χ1) is 7.16. The van der Waals surface area contributed by atoms with E-state index in [1.807, 2.05) is 6.07 Å². The SMILES string of the molecule is CC1CN(c2ccncc2Cl)CC(C)N1. The number of anilines is 1. The number of hydrogen-bond donors (Lipinski definition) is 1. The lowest BCUT2D eigenvalue weighted by Gasteiger charge is -2.37. The molecule has 4 heteroatoms. The fourth-order valence-electron chi connectivity index (χ4n) is 2.15. The first-order valence-electron chi connectivity index (χ1n) is 5.27. The average molecular weight is 226 g/mol. The van der Waals surface area contributed by atoms with E-state index in [-0.39, 0.29) is 0 Å². The number of rotatable bonds is 1. The summed E-state index contributed by atoms with van der Waals surface area (Å²) in [6.07, 6.45) is 3.49. The van der Waals surface area contributed by atoms with Crippen LogP contribution in [0.1, 0.15) is 13.8 Å². The van der Waals surface area contributed by atoms with Crippen molar-refractivity contribution < 1.29 is 0 Å². The zero-order chi connectivity index (χ0) is 10.8. The summed E-state index contributed by atoms with van der Waals surface area (Å²) in [6, 6.07) is 2.98. The van der Waals surface area contributed by atoms with Gasteiger partial charge in [-0.15, -0.1) is 0 Å². The molecule has 2 atom stereocenters. The van der Waals surface area contributed by atoms with E-state index in [0.29, 0.717) is 12.1 Å². The van der Waals surface area contributed by atoms with Gasteiger partial charge in [0.15, 0.2) is 0 Å². The van der Waals surface area contributed by atoms with E-state index >= 15 is 0 Å². The summed E-state index contributed by atoms with van der Waals surface area (Å²) in [5.41, 5.74) is 1.09. The summed E-state index contributed by atoms with van der Waals surface area (Å²) in [5, 5.41) is 4.23. The normalized spacial score (nSPS) is 26.7. The van der Waals surface area contributed by atoms with Gasteiger partial charge in [0, 0.05) is 37.6 Å². The molecule has 3 nitrogen and oxygen atoms in total. The van der Waals surface area contributed by atoms with Crippen LogP contribution in [0.5, 0.6) is 0 Å². The van der Waals surface area contributed by atoms with Gasteiger partial charge in [-0.05, 0) is 19.9 Å². The van der Waals surface area contributed by atoms with Crippen LogP contribution in [-0.4, -0.2) is 30.2 Å². The molecule has 0 aliphatic carbocycles. The minimum absolute atomic E-state index is 0.498. The van der Waals surface area contributed by atoms with E-state index < -0.39 is 0 Å². The first kappa shape index (κ1) is 10.7. The Bertz CT molecular complexity index is 332. The third kappa shape index (κ3) is 2.41. The molecule has 0 radical (unpaired) electrons. The second-order valence-electron chi connectivity index (χ2n) is 4.20. The molecule has 0 saturated carbocycles. The van der Waals surface area contributed by atoms with E-state index in [1.165, 1.54) is 0 Å². The smallest absolute Gasteiger partial charge is 0.0822 e. The Morgan fingerprint density at radius 3 is 2.67 bits per heavy atom. The highest BCUT2D eigenvalue weighted by molar-refractivity contribution is 6.33. The van der Waals surface area contributed by atoms with Crippen molar-refractivity contribution in [3.05, 3.63) is 23.5 Å². The van der Waals surface area contributed by atoms with E-state index in [0.717, 1.165) is 23.8 Å². The Balaban J connectivity index is 2.20. The van der Waals surface area contributed by atoms with Crippen LogP contribution in [0.15, 0.2) is 18.5 Å². The second-order valence-corrected chi connectivity index (χ2v) is 4.61. The maximum atomic E-state index is 6.13. The Morgan fingerprint density at radius 1 is 1.40 bits per heavy atom. The fraction of sp³-hybridized carbons (Fsp3) is 0.545. The van der Waals surface area contributed by atoms with Crippen molar-refractivity contribution in [2.75, 3.05) is 18.0 Å². The van der Waals surface area contributed by atoms with Crippen molar-refractivity contribution in [3.63, 3.8) is 0 Å². The zero-order valence-corrected chi connectivity index (χ0v) is 9.83. The van der Waals surface area contributed by atoms with Gasteiger partial charge in [-0.3, -0.25) is 4.98 Å². The molecule has 1 saturated heterocycles. The summed E-state index contributed by atoms with van der Waals surface area (Å²) in [7, 11) is 0. The largest absolute Gasteiger partial charge is 0.367 e. The van der Waals surface area contributed by atoms with Crippen LogP contribution in [0, 0.1) is 0 Å². The highest BCUT2D eigenvalue weighted by Crippen LogP contribution is 2.25. The summed E-state index contributed by atoms with van der Waals surface area (Å²) in [6.45, 7) is 6.37. The molecular formula is C11H16ClN3. The van der Waals surface area contributed by atoms with Gasteiger partial charge >= 0.3 is 0 Å². The Kier molecular flexibility index (Phi) is 3.12. The molecule has 0 spiro atoms. The Morgan fingerprint density at radius 2 is 2.07 bits per heavy atom. The van der Waals surface area contributed by atoms with Crippen LogP contribution >= 0.6 is 11.6 Å². The van der Waals surface area contributed by atoms with Crippen molar-refractivity contribution in [2.45, 2.75) is 25.9 Å². The molecule has 2 unspecified atom stereocenters. The third-order valence-electron chi connectivity index (χ3n) is 2.65. The van der Waals surface area contributed by atoms with Gasteiger partial charge in [0.05, 0.1) is 10.7 Å². The number of aromatic nitrogens is 1. The lowest BCUT2D eigenvalue weighted by Crippen LogP contribution is -2.54. The average Bonchev–Trinajstić information content (AvgIpc) is 2.16. The van der Waals surface area contributed by atoms with Crippen molar-refractivity contribution >= 4 is 17.3 Å². The van der Waals surface area contributed by atoms with Gasteiger partial charge < -0.3 is 10.2 Å². The number of piperazine rings is 1. The molecule has 1 aromatic rings. The third-order valence-corrected chi connectivity index (χ3v) is 2.94. The molecule has 15 heavy (non-hydrogen) atoms. The second kappa shape index (κ2) is 4.37. The van der Waals surface area contributed by atoms with Crippen molar-refractivity contribution in [1.29, 1.82) is 0 Å². The summed E-state index contributed by atoms with van der Waals surface area (Å²) in [4.78, 5) is 6.32. The number of nitrogens with one attached hydrogen (secondary N) is 1. The van der Waals surface area contributed by atoms with Crippen LogP contribution in [0.3, 0.4) is 0 Å². The minimum atomic E-state index is 0.498.